The zero-order valence-electron chi connectivity index (χ0n) is 18.9. The molecule has 0 aliphatic rings. The molecule has 3 aromatic rings. The number of carbonyl (C=O) groups is 3. The number of benzene rings is 1. The number of alkyl halides is 6. The van der Waals surface area contributed by atoms with Gasteiger partial charge in [0.2, 0.25) is 5.91 Å². The van der Waals surface area contributed by atoms with Gasteiger partial charge in [0.25, 0.3) is 0 Å². The summed E-state index contributed by atoms with van der Waals surface area (Å²) in [5.41, 5.74) is 8.46. The molecule has 0 fully saturated rings. The number of hydrogen-bond donors (Lipinski definition) is 3. The SMILES string of the molecule is CN(Cc1cnc2ccccc2c1)C(=O)CCc1csc(N)n1.O=C(O)C(F)(F)F.O=C(O)C(F)(F)F. The first-order chi connectivity index (χ1) is 17.0. The number of carbonyl (C=O) groups excluding carboxylic acids is 1. The summed E-state index contributed by atoms with van der Waals surface area (Å²) in [5, 5.41) is 17.8. The highest BCUT2D eigenvalue weighted by molar-refractivity contribution is 7.13. The Bertz CT molecular complexity index is 1190. The largest absolute Gasteiger partial charge is 0.490 e. The first-order valence-corrected chi connectivity index (χ1v) is 10.8. The van der Waals surface area contributed by atoms with Crippen molar-refractivity contribution < 1.29 is 50.9 Å². The van der Waals surface area contributed by atoms with E-state index in [9.17, 15) is 31.1 Å². The van der Waals surface area contributed by atoms with Crippen LogP contribution in [0.1, 0.15) is 17.7 Å². The fourth-order valence-electron chi connectivity index (χ4n) is 2.43. The lowest BCUT2D eigenvalue weighted by Gasteiger charge is -2.17. The molecule has 0 saturated heterocycles. The first kappa shape index (κ1) is 31.1. The fraction of sp³-hybridized carbons (Fsp3) is 0.286. The fourth-order valence-corrected chi connectivity index (χ4v) is 3.03. The summed E-state index contributed by atoms with van der Waals surface area (Å²) in [7, 11) is 1.81. The van der Waals surface area contributed by atoms with E-state index in [4.69, 9.17) is 25.5 Å². The van der Waals surface area contributed by atoms with Crippen LogP contribution in [0.4, 0.5) is 31.5 Å². The number of anilines is 1. The van der Waals surface area contributed by atoms with Crippen molar-refractivity contribution in [1.82, 2.24) is 14.9 Å². The summed E-state index contributed by atoms with van der Waals surface area (Å²) >= 11 is 1.40. The molecule has 0 atom stereocenters. The van der Waals surface area contributed by atoms with E-state index in [1.165, 1.54) is 11.3 Å². The minimum atomic E-state index is -5.08. The van der Waals surface area contributed by atoms with Gasteiger partial charge in [0.1, 0.15) is 0 Å². The molecule has 1 amide bonds. The van der Waals surface area contributed by atoms with Crippen molar-refractivity contribution in [2.45, 2.75) is 31.7 Å². The van der Waals surface area contributed by atoms with Gasteiger partial charge in [-0.2, -0.15) is 26.3 Å². The Kier molecular flexibility index (Phi) is 11.2. The van der Waals surface area contributed by atoms with E-state index in [2.05, 4.69) is 16.0 Å². The van der Waals surface area contributed by atoms with Crippen molar-refractivity contribution in [2.24, 2.45) is 0 Å². The van der Waals surface area contributed by atoms with E-state index in [0.717, 1.165) is 22.2 Å². The van der Waals surface area contributed by atoms with Crippen molar-refractivity contribution in [3.05, 3.63) is 53.2 Å². The molecule has 0 radical (unpaired) electrons. The number of halogens is 6. The molecule has 1 aromatic carbocycles. The van der Waals surface area contributed by atoms with E-state index in [1.54, 1.807) is 4.90 Å². The number of para-hydroxylation sites is 1. The molecule has 4 N–H and O–H groups in total. The highest BCUT2D eigenvalue weighted by Crippen LogP contribution is 2.16. The highest BCUT2D eigenvalue weighted by atomic mass is 32.1. The van der Waals surface area contributed by atoms with Crippen LogP contribution in [0.25, 0.3) is 10.9 Å². The molecule has 37 heavy (non-hydrogen) atoms. The second kappa shape index (κ2) is 13.4. The molecule has 16 heteroatoms. The molecule has 9 nitrogen and oxygen atoms in total. The van der Waals surface area contributed by atoms with Gasteiger partial charge in [-0.3, -0.25) is 9.78 Å². The Morgan fingerprint density at radius 2 is 1.57 bits per heavy atom. The summed E-state index contributed by atoms with van der Waals surface area (Å²) in [6.07, 6.45) is -7.29. The zero-order valence-corrected chi connectivity index (χ0v) is 19.7. The van der Waals surface area contributed by atoms with Gasteiger partial charge in [0.15, 0.2) is 5.13 Å². The summed E-state index contributed by atoms with van der Waals surface area (Å²) in [6, 6.07) is 10.0. The van der Waals surface area contributed by atoms with Crippen molar-refractivity contribution in [3.63, 3.8) is 0 Å². The molecule has 0 spiro atoms. The van der Waals surface area contributed by atoms with Crippen molar-refractivity contribution in [2.75, 3.05) is 12.8 Å². The molecule has 0 aliphatic carbocycles. The van der Waals surface area contributed by atoms with E-state index in [1.807, 2.05) is 42.9 Å². The van der Waals surface area contributed by atoms with Crippen molar-refractivity contribution in [1.29, 1.82) is 0 Å². The Labute approximate surface area is 209 Å². The van der Waals surface area contributed by atoms with Gasteiger partial charge in [0, 0.05) is 37.0 Å². The van der Waals surface area contributed by atoms with Gasteiger partial charge in [0.05, 0.1) is 11.2 Å². The Morgan fingerprint density at radius 1 is 1.03 bits per heavy atom. The molecular weight excluding hydrogens is 534 g/mol. The number of nitrogen functional groups attached to an aromatic ring is 1. The van der Waals surface area contributed by atoms with Gasteiger partial charge < -0.3 is 20.8 Å². The molecular formula is C21H20F6N4O5S. The second-order valence-electron chi connectivity index (χ2n) is 7.07. The third-order valence-corrected chi connectivity index (χ3v) is 4.86. The molecule has 0 bridgehead atoms. The lowest BCUT2D eigenvalue weighted by atomic mass is 10.1. The summed E-state index contributed by atoms with van der Waals surface area (Å²) in [6.45, 7) is 0.551. The quantitative estimate of drug-likeness (QED) is 0.399. The molecule has 2 aromatic heterocycles. The third kappa shape index (κ3) is 11.6. The van der Waals surface area contributed by atoms with Gasteiger partial charge in [-0.1, -0.05) is 18.2 Å². The van der Waals surface area contributed by atoms with E-state index in [0.29, 0.717) is 24.5 Å². The van der Waals surface area contributed by atoms with Crippen LogP contribution >= 0.6 is 11.3 Å². The predicted octanol–water partition coefficient (Wildman–Crippen LogP) is 4.13. The summed E-state index contributed by atoms with van der Waals surface area (Å²) in [4.78, 5) is 40.4. The standard InChI is InChI=1S/C17H18N4OS.2C2HF3O2/c1-21(16(22)7-6-14-11-23-17(18)20-14)10-12-8-13-4-2-3-5-15(13)19-9-12;2*3-2(4,5)1(6)7/h2-5,8-9,11H,6-7,10H2,1H3,(H2,18,20);2*(H,6,7). The van der Waals surface area contributed by atoms with Crippen LogP contribution in [0.5, 0.6) is 0 Å². The summed E-state index contributed by atoms with van der Waals surface area (Å²) < 4.78 is 63.5. The average molecular weight is 554 g/mol. The van der Waals surface area contributed by atoms with E-state index >= 15 is 0 Å². The minimum Gasteiger partial charge on any atom is -0.475 e. The smallest absolute Gasteiger partial charge is 0.475 e. The zero-order chi connectivity index (χ0) is 28.4. The molecule has 0 unspecified atom stereocenters. The number of aromatic nitrogens is 2. The Morgan fingerprint density at radius 3 is 2.05 bits per heavy atom. The Balaban J connectivity index is 0.000000404. The lowest BCUT2D eigenvalue weighted by Crippen LogP contribution is -2.26. The van der Waals surface area contributed by atoms with Crippen LogP contribution in [0.2, 0.25) is 0 Å². The van der Waals surface area contributed by atoms with Gasteiger partial charge in [-0.15, -0.1) is 11.3 Å². The number of carboxylic acids is 2. The monoisotopic (exact) mass is 554 g/mol. The van der Waals surface area contributed by atoms with Gasteiger partial charge >= 0.3 is 24.3 Å². The Hall–Kier alpha value is -3.95. The normalized spacial score (nSPS) is 11.0. The lowest BCUT2D eigenvalue weighted by molar-refractivity contribution is -0.193. The third-order valence-electron chi connectivity index (χ3n) is 4.14. The number of pyridine rings is 1. The van der Waals surface area contributed by atoms with Crippen LogP contribution in [0.15, 0.2) is 41.9 Å². The second-order valence-corrected chi connectivity index (χ2v) is 7.96. The number of thiazole rings is 1. The maximum Gasteiger partial charge on any atom is 0.490 e. The molecule has 3 rings (SSSR count). The minimum absolute atomic E-state index is 0.0877. The maximum absolute atomic E-state index is 12.2. The first-order valence-electron chi connectivity index (χ1n) is 9.88. The number of aliphatic carboxylic acids is 2. The molecule has 2 heterocycles. The van der Waals surface area contributed by atoms with Crippen molar-refractivity contribution in [3.8, 4) is 0 Å². The number of hydrogen-bond acceptors (Lipinski definition) is 7. The number of rotatable bonds is 5. The highest BCUT2D eigenvalue weighted by Gasteiger charge is 2.38. The number of nitrogens with two attached hydrogens (primary N) is 1. The van der Waals surface area contributed by atoms with Crippen LogP contribution in [-0.4, -0.2) is 62.3 Å². The number of carboxylic acid groups (broad SMARTS) is 2. The molecule has 0 aliphatic heterocycles. The number of nitrogens with zero attached hydrogens (tertiary/aromatic N) is 3. The number of amides is 1. The van der Waals surface area contributed by atoms with E-state index < -0.39 is 24.3 Å². The van der Waals surface area contributed by atoms with Crippen molar-refractivity contribution >= 4 is 45.2 Å². The van der Waals surface area contributed by atoms with Crippen LogP contribution < -0.4 is 5.73 Å². The van der Waals surface area contributed by atoms with Gasteiger partial charge in [-0.25, -0.2) is 14.6 Å². The van der Waals surface area contributed by atoms with E-state index in [-0.39, 0.29) is 5.91 Å². The topological polar surface area (TPSA) is 147 Å². The maximum atomic E-state index is 12.2. The van der Waals surface area contributed by atoms with Gasteiger partial charge in [-0.05, 0) is 24.1 Å². The molecule has 202 valence electrons. The summed E-state index contributed by atoms with van der Waals surface area (Å²) in [5.74, 6) is -5.43. The molecule has 0 saturated carbocycles. The van der Waals surface area contributed by atoms with Crippen LogP contribution in [0.3, 0.4) is 0 Å². The average Bonchev–Trinajstić information content (AvgIpc) is 3.22. The van der Waals surface area contributed by atoms with Crippen LogP contribution in [0, 0.1) is 0 Å². The van der Waals surface area contributed by atoms with Crippen LogP contribution in [-0.2, 0) is 27.3 Å². The predicted molar refractivity (Wildman–Crippen MR) is 120 cm³/mol. The number of fused-ring (bicyclic) bond motifs is 1. The number of aryl methyl sites for hydroxylation is 1.